The Morgan fingerprint density at radius 1 is 1.10 bits per heavy atom. The lowest BCUT2D eigenvalue weighted by Gasteiger charge is -2.05. The molecule has 0 unspecified atom stereocenters. The maximum atomic E-state index is 13.0. The van der Waals surface area contributed by atoms with Gasteiger partial charge in [0.15, 0.2) is 4.80 Å². The molecule has 0 bridgehead atoms. The molecule has 0 aliphatic rings. The van der Waals surface area contributed by atoms with Crippen LogP contribution in [0.5, 0.6) is 0 Å². The van der Waals surface area contributed by atoms with Crippen molar-refractivity contribution in [2.75, 3.05) is 6.61 Å². The molecule has 0 spiro atoms. The number of hydrogen-bond acceptors (Lipinski definition) is 4. The van der Waals surface area contributed by atoms with E-state index in [0.29, 0.717) is 17.0 Å². The molecule has 0 saturated heterocycles. The molecule has 0 aliphatic carbocycles. The fraction of sp³-hybridized carbons (Fsp3) is 0.136. The summed E-state index contributed by atoms with van der Waals surface area (Å²) in [5.74, 6) is -0.709. The molecule has 0 atom stereocenters. The first-order valence-electron chi connectivity index (χ1n) is 9.08. The van der Waals surface area contributed by atoms with E-state index in [1.165, 1.54) is 11.3 Å². The van der Waals surface area contributed by atoms with Crippen molar-refractivity contribution in [2.24, 2.45) is 4.99 Å². The van der Waals surface area contributed by atoms with E-state index in [1.54, 1.807) is 17.6 Å². The largest absolute Gasteiger partial charge is 0.465 e. The molecule has 3 aromatic carbocycles. The van der Waals surface area contributed by atoms with Crippen LogP contribution in [0.4, 0.5) is 0 Å². The molecule has 0 N–H and O–H groups in total. The van der Waals surface area contributed by atoms with Gasteiger partial charge in [0.1, 0.15) is 6.54 Å². The summed E-state index contributed by atoms with van der Waals surface area (Å²) < 4.78 is 8.67. The molecule has 4 rings (SSSR count). The van der Waals surface area contributed by atoms with E-state index < -0.39 is 0 Å². The quantitative estimate of drug-likeness (QED) is 0.399. The lowest BCUT2D eigenvalue weighted by molar-refractivity contribution is -0.143. The molecule has 7 heteroatoms. The Bertz CT molecular complexity index is 1300. The molecular weight excluding hydrogens is 452 g/mol. The van der Waals surface area contributed by atoms with Gasteiger partial charge in [-0.15, -0.1) is 0 Å². The first-order chi connectivity index (χ1) is 14.1. The highest BCUT2D eigenvalue weighted by molar-refractivity contribution is 9.10. The minimum absolute atomic E-state index is 0.00285. The maximum Gasteiger partial charge on any atom is 0.326 e. The van der Waals surface area contributed by atoms with Crippen molar-refractivity contribution >= 4 is 60.1 Å². The zero-order chi connectivity index (χ0) is 20.4. The van der Waals surface area contributed by atoms with E-state index in [0.717, 1.165) is 25.5 Å². The van der Waals surface area contributed by atoms with Crippen LogP contribution in [0, 0.1) is 0 Å². The zero-order valence-corrected chi connectivity index (χ0v) is 18.0. The minimum atomic E-state index is -0.367. The summed E-state index contributed by atoms with van der Waals surface area (Å²) in [7, 11) is 0. The number of amides is 1. The Morgan fingerprint density at radius 3 is 2.72 bits per heavy atom. The van der Waals surface area contributed by atoms with Gasteiger partial charge in [-0.3, -0.25) is 9.59 Å². The SMILES string of the molecule is CCOC(=O)Cn1c(=NC(=O)c2cccc3ccccc23)sc2cc(Br)ccc21. The van der Waals surface area contributed by atoms with Gasteiger partial charge in [-0.1, -0.05) is 63.7 Å². The van der Waals surface area contributed by atoms with Crippen molar-refractivity contribution in [3.63, 3.8) is 0 Å². The van der Waals surface area contributed by atoms with Gasteiger partial charge in [0.2, 0.25) is 0 Å². The lowest BCUT2D eigenvalue weighted by Crippen LogP contribution is -2.23. The van der Waals surface area contributed by atoms with Gasteiger partial charge >= 0.3 is 5.97 Å². The second-order valence-corrected chi connectivity index (χ2v) is 8.26. The molecule has 1 aromatic heterocycles. The van der Waals surface area contributed by atoms with Crippen LogP contribution in [0.3, 0.4) is 0 Å². The molecule has 1 amide bonds. The van der Waals surface area contributed by atoms with Crippen LogP contribution in [0.2, 0.25) is 0 Å². The van der Waals surface area contributed by atoms with E-state index in [1.807, 2.05) is 54.6 Å². The van der Waals surface area contributed by atoms with E-state index in [4.69, 9.17) is 4.74 Å². The number of fused-ring (bicyclic) bond motifs is 2. The van der Waals surface area contributed by atoms with Crippen LogP contribution in [-0.4, -0.2) is 23.1 Å². The topological polar surface area (TPSA) is 60.7 Å². The average Bonchev–Trinajstić information content (AvgIpc) is 3.03. The Balaban J connectivity index is 1.86. The Hall–Kier alpha value is -2.77. The Labute approximate surface area is 179 Å². The number of thiazole rings is 1. The monoisotopic (exact) mass is 468 g/mol. The van der Waals surface area contributed by atoms with E-state index >= 15 is 0 Å². The van der Waals surface area contributed by atoms with Gasteiger partial charge < -0.3 is 9.30 Å². The first-order valence-corrected chi connectivity index (χ1v) is 10.7. The summed E-state index contributed by atoms with van der Waals surface area (Å²) in [6, 6.07) is 19.0. The molecule has 29 heavy (non-hydrogen) atoms. The number of esters is 1. The van der Waals surface area contributed by atoms with Gasteiger partial charge in [-0.05, 0) is 42.0 Å². The van der Waals surface area contributed by atoms with Crippen molar-refractivity contribution in [3.05, 3.63) is 75.5 Å². The molecule has 5 nitrogen and oxygen atoms in total. The highest BCUT2D eigenvalue weighted by Gasteiger charge is 2.14. The third-order valence-corrected chi connectivity index (χ3v) is 5.99. The van der Waals surface area contributed by atoms with Gasteiger partial charge in [0.05, 0.1) is 16.8 Å². The van der Waals surface area contributed by atoms with E-state index in [9.17, 15) is 9.59 Å². The van der Waals surface area contributed by atoms with Crippen molar-refractivity contribution < 1.29 is 14.3 Å². The predicted molar refractivity (Wildman–Crippen MR) is 118 cm³/mol. The first kappa shape index (κ1) is 19.5. The lowest BCUT2D eigenvalue weighted by atomic mass is 10.0. The number of carbonyl (C=O) groups is 2. The minimum Gasteiger partial charge on any atom is -0.465 e. The molecule has 0 fully saturated rings. The van der Waals surface area contributed by atoms with Crippen LogP contribution in [0.25, 0.3) is 21.0 Å². The summed E-state index contributed by atoms with van der Waals surface area (Å²) in [5, 5.41) is 1.83. The molecule has 0 saturated carbocycles. The maximum absolute atomic E-state index is 13.0. The van der Waals surface area contributed by atoms with Crippen LogP contribution in [0.1, 0.15) is 17.3 Å². The average molecular weight is 469 g/mol. The van der Waals surface area contributed by atoms with E-state index in [2.05, 4.69) is 20.9 Å². The van der Waals surface area contributed by atoms with Crippen LogP contribution >= 0.6 is 27.3 Å². The van der Waals surface area contributed by atoms with Gasteiger partial charge in [0, 0.05) is 10.0 Å². The molecule has 0 aliphatic heterocycles. The van der Waals surface area contributed by atoms with Crippen molar-refractivity contribution in [3.8, 4) is 0 Å². The second kappa shape index (κ2) is 8.31. The van der Waals surface area contributed by atoms with Crippen LogP contribution in [0.15, 0.2) is 70.1 Å². The van der Waals surface area contributed by atoms with E-state index in [-0.39, 0.29) is 18.4 Å². The number of ether oxygens (including phenoxy) is 1. The Morgan fingerprint density at radius 2 is 1.90 bits per heavy atom. The Kier molecular flexibility index (Phi) is 5.60. The fourth-order valence-corrected chi connectivity index (χ4v) is 4.76. The number of nitrogens with zero attached hydrogens (tertiary/aromatic N) is 2. The number of aromatic nitrogens is 1. The van der Waals surface area contributed by atoms with Gasteiger partial charge in [-0.25, -0.2) is 0 Å². The summed E-state index contributed by atoms with van der Waals surface area (Å²) in [6.45, 7) is 2.06. The summed E-state index contributed by atoms with van der Waals surface area (Å²) in [6.07, 6.45) is 0. The van der Waals surface area contributed by atoms with Crippen LogP contribution in [-0.2, 0) is 16.1 Å². The summed E-state index contributed by atoms with van der Waals surface area (Å²) in [5.41, 5.74) is 1.36. The smallest absolute Gasteiger partial charge is 0.326 e. The van der Waals surface area contributed by atoms with Crippen molar-refractivity contribution in [1.29, 1.82) is 0 Å². The number of benzene rings is 3. The third-order valence-electron chi connectivity index (χ3n) is 4.45. The molecule has 1 heterocycles. The molecular formula is C22H17BrN2O3S. The third kappa shape index (κ3) is 4.02. The predicted octanol–water partition coefficient (Wildman–Crippen LogP) is 4.92. The summed E-state index contributed by atoms with van der Waals surface area (Å²) >= 11 is 4.83. The van der Waals surface area contributed by atoms with Crippen molar-refractivity contribution in [2.45, 2.75) is 13.5 Å². The number of halogens is 1. The molecule has 0 radical (unpaired) electrons. The second-order valence-electron chi connectivity index (χ2n) is 6.33. The number of rotatable bonds is 4. The standard InChI is InChI=1S/C22H17BrN2O3S/c1-2-28-20(26)13-25-18-11-10-15(23)12-19(18)29-22(25)24-21(27)17-9-5-7-14-6-3-4-8-16(14)17/h3-12H,2,13H2,1H3. The molecule has 146 valence electrons. The normalized spacial score (nSPS) is 11.9. The number of carbonyl (C=O) groups excluding carboxylic acids is 2. The highest BCUT2D eigenvalue weighted by atomic mass is 79.9. The van der Waals surface area contributed by atoms with Gasteiger partial charge in [0.25, 0.3) is 5.91 Å². The highest BCUT2D eigenvalue weighted by Crippen LogP contribution is 2.23. The molecule has 4 aromatic rings. The zero-order valence-electron chi connectivity index (χ0n) is 15.6. The summed E-state index contributed by atoms with van der Waals surface area (Å²) in [4.78, 5) is 30.0. The number of hydrogen-bond donors (Lipinski definition) is 0. The van der Waals surface area contributed by atoms with Crippen molar-refractivity contribution in [1.82, 2.24) is 4.57 Å². The van der Waals surface area contributed by atoms with Gasteiger partial charge in [-0.2, -0.15) is 4.99 Å². The fourth-order valence-electron chi connectivity index (χ4n) is 3.18. The van der Waals surface area contributed by atoms with Crippen LogP contribution < -0.4 is 4.80 Å².